The fourth-order valence-corrected chi connectivity index (χ4v) is 2.82. The first-order valence-electron chi connectivity index (χ1n) is 5.99. The normalized spacial score (nSPS) is 11.2. The van der Waals surface area contributed by atoms with Gasteiger partial charge in [0.2, 0.25) is 0 Å². The van der Waals surface area contributed by atoms with Gasteiger partial charge in [-0.15, -0.1) is 11.3 Å². The predicted molar refractivity (Wildman–Crippen MR) is 74.7 cm³/mol. The highest BCUT2D eigenvalue weighted by Gasteiger charge is 2.10. The van der Waals surface area contributed by atoms with E-state index in [4.69, 9.17) is 10.2 Å². The lowest BCUT2D eigenvalue weighted by Crippen LogP contribution is -1.99. The molecule has 3 aromatic rings. The molecule has 0 unspecified atom stereocenters. The summed E-state index contributed by atoms with van der Waals surface area (Å²) < 4.78 is 5.54. The first-order valence-corrected chi connectivity index (χ1v) is 6.87. The van der Waals surface area contributed by atoms with Gasteiger partial charge < -0.3 is 10.2 Å². The zero-order valence-corrected chi connectivity index (χ0v) is 10.7. The van der Waals surface area contributed by atoms with Crippen molar-refractivity contribution in [3.05, 3.63) is 40.9 Å². The molecule has 92 valence electrons. The fourth-order valence-electron chi connectivity index (χ4n) is 1.98. The van der Waals surface area contributed by atoms with Crippen molar-refractivity contribution in [2.45, 2.75) is 12.8 Å². The van der Waals surface area contributed by atoms with Gasteiger partial charge in [0.25, 0.3) is 0 Å². The zero-order valence-electron chi connectivity index (χ0n) is 9.93. The summed E-state index contributed by atoms with van der Waals surface area (Å²) in [5.74, 6) is 0. The highest BCUT2D eigenvalue weighted by Crippen LogP contribution is 2.31. The summed E-state index contributed by atoms with van der Waals surface area (Å²) in [5, 5.41) is 4.34. The molecule has 0 spiro atoms. The largest absolute Gasteiger partial charge is 0.464 e. The lowest BCUT2D eigenvalue weighted by Gasteiger charge is -1.93. The summed E-state index contributed by atoms with van der Waals surface area (Å²) in [6.07, 6.45) is 3.72. The number of furan rings is 1. The highest BCUT2D eigenvalue weighted by atomic mass is 32.1. The highest BCUT2D eigenvalue weighted by molar-refractivity contribution is 7.09. The minimum Gasteiger partial charge on any atom is -0.464 e. The average Bonchev–Trinajstić information content (AvgIpc) is 3.02. The first-order chi connectivity index (χ1) is 8.88. The Morgan fingerprint density at radius 3 is 3.06 bits per heavy atom. The summed E-state index contributed by atoms with van der Waals surface area (Å²) in [6, 6.07) is 8.03. The molecular formula is C14H14N2OS. The van der Waals surface area contributed by atoms with Crippen LogP contribution >= 0.6 is 11.3 Å². The van der Waals surface area contributed by atoms with Crippen LogP contribution in [0.3, 0.4) is 0 Å². The van der Waals surface area contributed by atoms with E-state index in [-0.39, 0.29) is 0 Å². The van der Waals surface area contributed by atoms with Crippen molar-refractivity contribution in [2.24, 2.45) is 5.73 Å². The number of aryl methyl sites for hydroxylation is 1. The molecule has 2 N–H and O–H groups in total. The van der Waals surface area contributed by atoms with Crippen LogP contribution in [0.1, 0.15) is 11.4 Å². The average molecular weight is 258 g/mol. The number of benzene rings is 1. The van der Waals surface area contributed by atoms with Crippen molar-refractivity contribution in [1.82, 2.24) is 4.98 Å². The van der Waals surface area contributed by atoms with Crippen LogP contribution in [0.5, 0.6) is 0 Å². The number of hydrogen-bond donors (Lipinski definition) is 1. The molecule has 0 aliphatic carbocycles. The molecule has 3 rings (SSSR count). The van der Waals surface area contributed by atoms with Gasteiger partial charge in [-0.1, -0.05) is 18.2 Å². The second kappa shape index (κ2) is 4.92. The molecule has 0 radical (unpaired) electrons. The quantitative estimate of drug-likeness (QED) is 0.779. The molecule has 1 aromatic carbocycles. The molecule has 0 saturated heterocycles. The van der Waals surface area contributed by atoms with Gasteiger partial charge >= 0.3 is 0 Å². The molecule has 0 amide bonds. The molecule has 3 nitrogen and oxygen atoms in total. The van der Waals surface area contributed by atoms with Gasteiger partial charge in [0, 0.05) is 22.8 Å². The fraction of sp³-hybridized carbons (Fsp3) is 0.214. The van der Waals surface area contributed by atoms with Crippen molar-refractivity contribution >= 4 is 22.3 Å². The zero-order chi connectivity index (χ0) is 12.4. The summed E-state index contributed by atoms with van der Waals surface area (Å²) in [5.41, 5.74) is 8.49. The SMILES string of the molecule is NCCCc1nc(-c2coc3ccccc23)cs1. The Bertz CT molecular complexity index is 656. The molecule has 18 heavy (non-hydrogen) atoms. The van der Waals surface area contributed by atoms with E-state index in [0.717, 1.165) is 40.1 Å². The minimum atomic E-state index is 0.712. The van der Waals surface area contributed by atoms with Crippen LogP contribution in [0.4, 0.5) is 0 Å². The third kappa shape index (κ3) is 2.05. The second-order valence-corrected chi connectivity index (χ2v) is 5.11. The van der Waals surface area contributed by atoms with Crippen LogP contribution in [0.15, 0.2) is 40.3 Å². The van der Waals surface area contributed by atoms with E-state index in [0.29, 0.717) is 6.54 Å². The third-order valence-corrected chi connectivity index (χ3v) is 3.81. The molecular weight excluding hydrogens is 244 g/mol. The Balaban J connectivity index is 1.96. The number of fused-ring (bicyclic) bond motifs is 1. The van der Waals surface area contributed by atoms with Gasteiger partial charge in [-0.25, -0.2) is 4.98 Å². The summed E-state index contributed by atoms with van der Waals surface area (Å²) in [6.45, 7) is 0.712. The van der Waals surface area contributed by atoms with Crippen molar-refractivity contribution in [2.75, 3.05) is 6.54 Å². The van der Waals surface area contributed by atoms with E-state index < -0.39 is 0 Å². The topological polar surface area (TPSA) is 52.0 Å². The number of aromatic nitrogens is 1. The van der Waals surface area contributed by atoms with Gasteiger partial charge in [-0.2, -0.15) is 0 Å². The van der Waals surface area contributed by atoms with E-state index in [2.05, 4.69) is 16.4 Å². The Morgan fingerprint density at radius 2 is 2.17 bits per heavy atom. The lowest BCUT2D eigenvalue weighted by molar-refractivity contribution is 0.617. The van der Waals surface area contributed by atoms with Crippen LogP contribution < -0.4 is 5.73 Å². The number of nitrogens with two attached hydrogens (primary N) is 1. The minimum absolute atomic E-state index is 0.712. The molecule has 0 aliphatic heterocycles. The van der Waals surface area contributed by atoms with E-state index in [9.17, 15) is 0 Å². The number of hydrogen-bond acceptors (Lipinski definition) is 4. The monoisotopic (exact) mass is 258 g/mol. The van der Waals surface area contributed by atoms with Crippen LogP contribution in [0.25, 0.3) is 22.2 Å². The molecule has 0 atom stereocenters. The Morgan fingerprint density at radius 1 is 1.28 bits per heavy atom. The second-order valence-electron chi connectivity index (χ2n) is 4.16. The van der Waals surface area contributed by atoms with Crippen molar-refractivity contribution in [1.29, 1.82) is 0 Å². The number of thiazole rings is 1. The third-order valence-electron chi connectivity index (χ3n) is 2.90. The van der Waals surface area contributed by atoms with E-state index in [1.54, 1.807) is 17.6 Å². The van der Waals surface area contributed by atoms with Crippen molar-refractivity contribution in [3.8, 4) is 11.3 Å². The maximum atomic E-state index is 5.54. The van der Waals surface area contributed by atoms with Crippen LogP contribution in [0.2, 0.25) is 0 Å². The molecule has 2 heterocycles. The molecule has 4 heteroatoms. The molecule has 0 bridgehead atoms. The molecule has 0 fully saturated rings. The van der Waals surface area contributed by atoms with Gasteiger partial charge in [0.05, 0.1) is 10.7 Å². The maximum absolute atomic E-state index is 5.54. The summed E-state index contributed by atoms with van der Waals surface area (Å²) in [4.78, 5) is 4.64. The Labute approximate surface area is 109 Å². The van der Waals surface area contributed by atoms with Gasteiger partial charge in [0.15, 0.2) is 0 Å². The standard InChI is InChI=1S/C14H14N2OS/c15-7-3-6-14-16-12(9-18-14)11-8-17-13-5-2-1-4-10(11)13/h1-2,4-5,8-9H,3,6-7,15H2. The Hall–Kier alpha value is -1.65. The Kier molecular flexibility index (Phi) is 3.13. The summed E-state index contributed by atoms with van der Waals surface area (Å²) in [7, 11) is 0. The predicted octanol–water partition coefficient (Wildman–Crippen LogP) is 3.45. The molecule has 2 aromatic heterocycles. The molecule has 0 saturated carbocycles. The number of nitrogens with zero attached hydrogens (tertiary/aromatic N) is 1. The first kappa shape index (κ1) is 11.4. The van der Waals surface area contributed by atoms with Crippen molar-refractivity contribution in [3.63, 3.8) is 0 Å². The van der Waals surface area contributed by atoms with Crippen LogP contribution in [0, 0.1) is 0 Å². The smallest absolute Gasteiger partial charge is 0.134 e. The maximum Gasteiger partial charge on any atom is 0.134 e. The van der Waals surface area contributed by atoms with E-state index >= 15 is 0 Å². The molecule has 0 aliphatic rings. The van der Waals surface area contributed by atoms with Crippen LogP contribution in [-0.2, 0) is 6.42 Å². The lowest BCUT2D eigenvalue weighted by atomic mass is 10.1. The van der Waals surface area contributed by atoms with Gasteiger partial charge in [-0.05, 0) is 19.0 Å². The van der Waals surface area contributed by atoms with E-state index in [1.165, 1.54) is 0 Å². The number of rotatable bonds is 4. The van der Waals surface area contributed by atoms with Gasteiger partial charge in [-0.3, -0.25) is 0 Å². The van der Waals surface area contributed by atoms with Gasteiger partial charge in [0.1, 0.15) is 11.8 Å². The number of para-hydroxylation sites is 1. The van der Waals surface area contributed by atoms with E-state index in [1.807, 2.05) is 18.2 Å². The van der Waals surface area contributed by atoms with Crippen LogP contribution in [-0.4, -0.2) is 11.5 Å². The van der Waals surface area contributed by atoms with Crippen molar-refractivity contribution < 1.29 is 4.42 Å². The summed E-state index contributed by atoms with van der Waals surface area (Å²) >= 11 is 1.69.